The summed E-state index contributed by atoms with van der Waals surface area (Å²) in [5, 5.41) is 5.72. The van der Waals surface area contributed by atoms with Crippen LogP contribution in [0.3, 0.4) is 0 Å². The zero-order valence-corrected chi connectivity index (χ0v) is 14.2. The van der Waals surface area contributed by atoms with Crippen LogP contribution in [0.1, 0.15) is 37.6 Å². The fourth-order valence-corrected chi connectivity index (χ4v) is 3.34. The summed E-state index contributed by atoms with van der Waals surface area (Å²) in [6.07, 6.45) is 5.52. The fourth-order valence-electron chi connectivity index (χ4n) is 3.34. The quantitative estimate of drug-likeness (QED) is 0.786. The van der Waals surface area contributed by atoms with Gasteiger partial charge in [0.05, 0.1) is 16.6 Å². The van der Waals surface area contributed by atoms with E-state index in [0.717, 1.165) is 29.6 Å². The molecule has 1 aromatic carbocycles. The first-order chi connectivity index (χ1) is 11.4. The lowest BCUT2D eigenvalue weighted by atomic mass is 10.0. The molecular formula is C19H21N5. The van der Waals surface area contributed by atoms with Crippen molar-refractivity contribution in [3.05, 3.63) is 53.5 Å². The number of nitrogens with two attached hydrogens (primary N) is 1. The summed E-state index contributed by atoms with van der Waals surface area (Å²) in [6.45, 7) is 6.35. The lowest BCUT2D eigenvalue weighted by molar-refractivity contribution is 0.364. The summed E-state index contributed by atoms with van der Waals surface area (Å²) in [5.74, 6) is 0.498. The Labute approximate surface area is 141 Å². The first kappa shape index (κ1) is 14.9. The van der Waals surface area contributed by atoms with Crippen molar-refractivity contribution in [1.29, 1.82) is 0 Å². The number of anilines is 1. The second kappa shape index (κ2) is 5.16. The maximum atomic E-state index is 6.16. The molecule has 122 valence electrons. The molecule has 0 atom stereocenters. The summed E-state index contributed by atoms with van der Waals surface area (Å²) in [7, 11) is 0. The molecule has 0 amide bonds. The van der Waals surface area contributed by atoms with Gasteiger partial charge < -0.3 is 5.73 Å². The molecular weight excluding hydrogens is 298 g/mol. The van der Waals surface area contributed by atoms with E-state index in [2.05, 4.69) is 61.1 Å². The molecule has 3 aromatic rings. The molecule has 1 aliphatic carbocycles. The number of allylic oxidation sites excluding steroid dienone is 2. The van der Waals surface area contributed by atoms with Crippen molar-refractivity contribution >= 4 is 22.4 Å². The second-order valence-corrected chi connectivity index (χ2v) is 7.25. The molecule has 0 fully saturated rings. The Morgan fingerprint density at radius 3 is 2.75 bits per heavy atom. The van der Waals surface area contributed by atoms with E-state index in [1.54, 1.807) is 0 Å². The highest BCUT2D eigenvalue weighted by Gasteiger charge is 2.24. The number of nitrogen functional groups attached to an aromatic ring is 1. The van der Waals surface area contributed by atoms with E-state index in [1.165, 1.54) is 23.0 Å². The van der Waals surface area contributed by atoms with Gasteiger partial charge in [0.1, 0.15) is 12.1 Å². The zero-order valence-electron chi connectivity index (χ0n) is 14.2. The molecule has 0 saturated carbocycles. The van der Waals surface area contributed by atoms with E-state index in [-0.39, 0.29) is 5.54 Å². The van der Waals surface area contributed by atoms with Crippen molar-refractivity contribution in [2.45, 2.75) is 39.2 Å². The summed E-state index contributed by atoms with van der Waals surface area (Å²) >= 11 is 0. The van der Waals surface area contributed by atoms with Crippen LogP contribution in [-0.4, -0.2) is 19.7 Å². The highest BCUT2D eigenvalue weighted by atomic mass is 15.3. The minimum absolute atomic E-state index is 0.167. The van der Waals surface area contributed by atoms with Crippen molar-refractivity contribution in [1.82, 2.24) is 19.7 Å². The third-order valence-electron chi connectivity index (χ3n) is 4.49. The van der Waals surface area contributed by atoms with Gasteiger partial charge in [0, 0.05) is 6.42 Å². The molecule has 2 aromatic heterocycles. The molecule has 0 spiro atoms. The summed E-state index contributed by atoms with van der Waals surface area (Å²) in [6, 6.07) is 8.53. The monoisotopic (exact) mass is 319 g/mol. The van der Waals surface area contributed by atoms with Crippen LogP contribution in [0.25, 0.3) is 16.6 Å². The summed E-state index contributed by atoms with van der Waals surface area (Å²) < 4.78 is 1.96. The Morgan fingerprint density at radius 2 is 1.96 bits per heavy atom. The lowest BCUT2D eigenvalue weighted by Crippen LogP contribution is -2.23. The van der Waals surface area contributed by atoms with E-state index in [4.69, 9.17) is 10.8 Å². The van der Waals surface area contributed by atoms with E-state index in [1.807, 2.05) is 4.68 Å². The fraction of sp³-hybridized carbons (Fsp3) is 0.316. The predicted octanol–water partition coefficient (Wildman–Crippen LogP) is 3.35. The number of benzene rings is 1. The van der Waals surface area contributed by atoms with Gasteiger partial charge in [-0.3, -0.25) is 0 Å². The van der Waals surface area contributed by atoms with Crippen LogP contribution < -0.4 is 5.73 Å². The number of hydrogen-bond donors (Lipinski definition) is 1. The van der Waals surface area contributed by atoms with Gasteiger partial charge >= 0.3 is 0 Å². The highest BCUT2D eigenvalue weighted by molar-refractivity contribution is 5.90. The van der Waals surface area contributed by atoms with E-state index in [9.17, 15) is 0 Å². The van der Waals surface area contributed by atoms with E-state index in [0.29, 0.717) is 5.82 Å². The molecule has 0 saturated heterocycles. The molecule has 2 N–H and O–H groups in total. The topological polar surface area (TPSA) is 69.6 Å². The van der Waals surface area contributed by atoms with Crippen LogP contribution in [0.2, 0.25) is 0 Å². The Kier molecular flexibility index (Phi) is 3.20. The molecule has 5 nitrogen and oxygen atoms in total. The minimum Gasteiger partial charge on any atom is -0.383 e. The van der Waals surface area contributed by atoms with Crippen molar-refractivity contribution < 1.29 is 0 Å². The first-order valence-corrected chi connectivity index (χ1v) is 8.21. The van der Waals surface area contributed by atoms with Crippen molar-refractivity contribution in [3.63, 3.8) is 0 Å². The Hall–Kier alpha value is -2.69. The Morgan fingerprint density at radius 1 is 1.17 bits per heavy atom. The van der Waals surface area contributed by atoms with Crippen molar-refractivity contribution in [3.8, 4) is 0 Å². The Balaban J connectivity index is 1.84. The number of fused-ring (bicyclic) bond motifs is 2. The number of rotatable bonds is 2. The second-order valence-electron chi connectivity index (χ2n) is 7.25. The number of hydrogen-bond acceptors (Lipinski definition) is 4. The molecule has 0 unspecified atom stereocenters. The average molecular weight is 319 g/mol. The van der Waals surface area contributed by atoms with Crippen LogP contribution in [0, 0.1) is 0 Å². The molecule has 4 rings (SSSR count). The summed E-state index contributed by atoms with van der Waals surface area (Å²) in [5.41, 5.74) is 11.7. The Bertz CT molecular complexity index is 960. The van der Waals surface area contributed by atoms with Gasteiger partial charge in [-0.25, -0.2) is 14.6 Å². The van der Waals surface area contributed by atoms with Crippen molar-refractivity contribution in [2.75, 3.05) is 5.73 Å². The van der Waals surface area contributed by atoms with Gasteiger partial charge in [0.15, 0.2) is 5.65 Å². The van der Waals surface area contributed by atoms with Gasteiger partial charge in [-0.05, 0) is 43.9 Å². The van der Waals surface area contributed by atoms with Gasteiger partial charge in [-0.15, -0.1) is 0 Å². The molecule has 1 aliphatic rings. The zero-order chi connectivity index (χ0) is 16.9. The third-order valence-corrected chi connectivity index (χ3v) is 4.49. The van der Waals surface area contributed by atoms with Gasteiger partial charge in [-0.1, -0.05) is 30.3 Å². The van der Waals surface area contributed by atoms with Gasteiger partial charge in [0.25, 0.3) is 0 Å². The molecule has 2 heterocycles. The minimum atomic E-state index is -0.167. The van der Waals surface area contributed by atoms with Gasteiger partial charge in [0.2, 0.25) is 0 Å². The normalized spacial score (nSPS) is 14.0. The third kappa shape index (κ3) is 2.28. The van der Waals surface area contributed by atoms with Gasteiger partial charge in [-0.2, -0.15) is 5.10 Å². The summed E-state index contributed by atoms with van der Waals surface area (Å²) in [4.78, 5) is 8.61. The molecule has 5 heteroatoms. The maximum absolute atomic E-state index is 6.16. The average Bonchev–Trinajstić information content (AvgIpc) is 3.11. The molecule has 24 heavy (non-hydrogen) atoms. The number of aromatic nitrogens is 4. The van der Waals surface area contributed by atoms with Crippen LogP contribution in [0.5, 0.6) is 0 Å². The smallest absolute Gasteiger partial charge is 0.164 e. The largest absolute Gasteiger partial charge is 0.383 e. The van der Waals surface area contributed by atoms with Crippen LogP contribution in [0.15, 0.2) is 36.7 Å². The molecule has 0 aliphatic heterocycles. The van der Waals surface area contributed by atoms with E-state index < -0.39 is 0 Å². The molecule has 0 bridgehead atoms. The first-order valence-electron chi connectivity index (χ1n) is 8.21. The van der Waals surface area contributed by atoms with Crippen LogP contribution >= 0.6 is 0 Å². The van der Waals surface area contributed by atoms with Crippen LogP contribution in [0.4, 0.5) is 5.82 Å². The lowest BCUT2D eigenvalue weighted by Gasteiger charge is -2.19. The standard InChI is InChI=1S/C19H21N5/c1-19(2,3)24-18-16(17(20)21-11-22-18)15(23-24)10-13-9-8-12-6-4-5-7-14(12)13/h4-7,9,11H,8,10H2,1-3H3,(H2,20,21,22). The van der Waals surface area contributed by atoms with Crippen LogP contribution in [-0.2, 0) is 18.4 Å². The molecule has 0 radical (unpaired) electrons. The predicted molar refractivity (Wildman–Crippen MR) is 96.6 cm³/mol. The van der Waals surface area contributed by atoms with Crippen molar-refractivity contribution in [2.24, 2.45) is 0 Å². The maximum Gasteiger partial charge on any atom is 0.164 e. The van der Waals surface area contributed by atoms with E-state index >= 15 is 0 Å². The highest BCUT2D eigenvalue weighted by Crippen LogP contribution is 2.33. The number of nitrogens with zero attached hydrogens (tertiary/aromatic N) is 4. The SMILES string of the molecule is CC(C)(C)n1nc(CC2=CCc3ccccc32)c2c(N)ncnc21.